The molecule has 0 aromatic rings. The van der Waals surface area contributed by atoms with E-state index in [9.17, 15) is 14.4 Å². The van der Waals surface area contributed by atoms with Gasteiger partial charge in [-0.25, -0.2) is 9.59 Å². The van der Waals surface area contributed by atoms with Gasteiger partial charge >= 0.3 is 12.0 Å². The van der Waals surface area contributed by atoms with Crippen LogP contribution in [0.15, 0.2) is 0 Å². The Morgan fingerprint density at radius 3 is 2.42 bits per heavy atom. The number of hydrogen-bond donors (Lipinski definition) is 4. The van der Waals surface area contributed by atoms with Crippen LogP contribution in [-0.2, 0) is 9.59 Å². The molecule has 110 valence electrons. The summed E-state index contributed by atoms with van der Waals surface area (Å²) in [5, 5.41) is 13.9. The predicted octanol–water partition coefficient (Wildman–Crippen LogP) is 0.146. The monoisotopic (exact) mass is 291 g/mol. The number of aliphatic carboxylic acids is 1. The molecule has 5 N–H and O–H groups in total. The van der Waals surface area contributed by atoms with Crippen LogP contribution in [0.25, 0.3) is 0 Å². The Bertz CT molecular complexity index is 325. The number of nitrogens with one attached hydrogen (secondary N) is 2. The topological polar surface area (TPSA) is 122 Å². The molecule has 0 aliphatic heterocycles. The minimum atomic E-state index is -1.19. The average molecular weight is 291 g/mol. The Kier molecular flexibility index (Phi) is 8.77. The van der Waals surface area contributed by atoms with Gasteiger partial charge in [-0.3, -0.25) is 4.79 Å². The van der Waals surface area contributed by atoms with Crippen LogP contribution in [0.2, 0.25) is 0 Å². The van der Waals surface area contributed by atoms with Crippen molar-refractivity contribution in [1.82, 2.24) is 10.6 Å². The molecule has 8 heteroatoms. The molecule has 7 nitrogen and oxygen atoms in total. The standard InChI is InChI=1S/C11H21N3O4S/c1-3-19-6-7(2)13-11(18)14-8(10(16)17)4-5-9(12)15/h7-8H,3-6H2,1-2H3,(H2,12,15)(H,16,17)(H2,13,14,18)/t7?,8-/m1/s1. The number of carboxylic acids is 1. The van der Waals surface area contributed by atoms with Crippen molar-refractivity contribution < 1.29 is 19.5 Å². The number of rotatable bonds is 9. The maximum absolute atomic E-state index is 11.6. The van der Waals surface area contributed by atoms with Gasteiger partial charge in [-0.2, -0.15) is 11.8 Å². The van der Waals surface area contributed by atoms with E-state index in [1.54, 1.807) is 11.8 Å². The lowest BCUT2D eigenvalue weighted by molar-refractivity contribution is -0.139. The summed E-state index contributed by atoms with van der Waals surface area (Å²) in [6.45, 7) is 3.85. The fourth-order valence-electron chi connectivity index (χ4n) is 1.30. The summed E-state index contributed by atoms with van der Waals surface area (Å²) in [6.07, 6.45) is -0.103. The van der Waals surface area contributed by atoms with E-state index in [4.69, 9.17) is 10.8 Å². The zero-order valence-electron chi connectivity index (χ0n) is 11.1. The van der Waals surface area contributed by atoms with Gasteiger partial charge in [0.1, 0.15) is 6.04 Å². The van der Waals surface area contributed by atoms with Crippen molar-refractivity contribution in [3.8, 4) is 0 Å². The van der Waals surface area contributed by atoms with Gasteiger partial charge in [0.15, 0.2) is 0 Å². The Morgan fingerprint density at radius 2 is 1.95 bits per heavy atom. The van der Waals surface area contributed by atoms with E-state index >= 15 is 0 Å². The molecule has 0 aromatic heterocycles. The number of carboxylic acid groups (broad SMARTS) is 1. The lowest BCUT2D eigenvalue weighted by Gasteiger charge is -2.17. The van der Waals surface area contributed by atoms with Gasteiger partial charge in [-0.05, 0) is 19.1 Å². The number of hydrogen-bond acceptors (Lipinski definition) is 4. The second-order valence-electron chi connectivity index (χ2n) is 4.07. The smallest absolute Gasteiger partial charge is 0.326 e. The molecule has 0 radical (unpaired) electrons. The highest BCUT2D eigenvalue weighted by Crippen LogP contribution is 2.01. The number of primary amides is 1. The quantitative estimate of drug-likeness (QED) is 0.481. The molecule has 0 spiro atoms. The molecule has 0 aliphatic rings. The third kappa shape index (κ3) is 9.18. The van der Waals surface area contributed by atoms with Crippen LogP contribution in [0.5, 0.6) is 0 Å². The highest BCUT2D eigenvalue weighted by atomic mass is 32.2. The van der Waals surface area contributed by atoms with Crippen molar-refractivity contribution in [2.75, 3.05) is 11.5 Å². The van der Waals surface area contributed by atoms with Crippen LogP contribution in [0, 0.1) is 0 Å². The van der Waals surface area contributed by atoms with Gasteiger partial charge < -0.3 is 21.5 Å². The Balaban J connectivity index is 4.16. The second kappa shape index (κ2) is 9.48. The SMILES string of the molecule is CCSCC(C)NC(=O)N[C@H](CCC(N)=O)C(=O)O. The van der Waals surface area contributed by atoms with Crippen LogP contribution in [0.3, 0.4) is 0 Å². The fraction of sp³-hybridized carbons (Fsp3) is 0.727. The third-order valence-electron chi connectivity index (χ3n) is 2.23. The van der Waals surface area contributed by atoms with Crippen molar-refractivity contribution in [3.05, 3.63) is 0 Å². The van der Waals surface area contributed by atoms with Gasteiger partial charge in [0.25, 0.3) is 0 Å². The number of thioether (sulfide) groups is 1. The number of nitrogens with two attached hydrogens (primary N) is 1. The Labute approximate surface area is 116 Å². The predicted molar refractivity (Wildman–Crippen MR) is 74.0 cm³/mol. The van der Waals surface area contributed by atoms with Crippen LogP contribution in [-0.4, -0.2) is 46.6 Å². The van der Waals surface area contributed by atoms with Crippen molar-refractivity contribution in [2.24, 2.45) is 5.73 Å². The lowest BCUT2D eigenvalue weighted by Crippen LogP contribution is -2.49. The first-order valence-corrected chi connectivity index (χ1v) is 7.18. The van der Waals surface area contributed by atoms with E-state index in [1.807, 2.05) is 13.8 Å². The highest BCUT2D eigenvalue weighted by Gasteiger charge is 2.21. The van der Waals surface area contributed by atoms with E-state index in [0.717, 1.165) is 11.5 Å². The molecule has 1 unspecified atom stereocenters. The van der Waals surface area contributed by atoms with Gasteiger partial charge in [0.2, 0.25) is 5.91 Å². The van der Waals surface area contributed by atoms with Gasteiger partial charge in [-0.15, -0.1) is 0 Å². The fourth-order valence-corrected chi connectivity index (χ4v) is 1.98. The van der Waals surface area contributed by atoms with Gasteiger partial charge in [0.05, 0.1) is 0 Å². The van der Waals surface area contributed by atoms with Crippen molar-refractivity contribution in [2.45, 2.75) is 38.8 Å². The van der Waals surface area contributed by atoms with Crippen molar-refractivity contribution in [3.63, 3.8) is 0 Å². The van der Waals surface area contributed by atoms with Crippen molar-refractivity contribution >= 4 is 29.7 Å². The summed E-state index contributed by atoms with van der Waals surface area (Å²) < 4.78 is 0. The molecule has 0 saturated heterocycles. The Morgan fingerprint density at radius 1 is 1.32 bits per heavy atom. The molecule has 0 aromatic carbocycles. The summed E-state index contributed by atoms with van der Waals surface area (Å²) in [5.41, 5.74) is 4.94. The van der Waals surface area contributed by atoms with Crippen molar-refractivity contribution in [1.29, 1.82) is 0 Å². The largest absolute Gasteiger partial charge is 0.480 e. The van der Waals surface area contributed by atoms with Gasteiger partial charge in [0, 0.05) is 18.2 Å². The summed E-state index contributed by atoms with van der Waals surface area (Å²) in [5.74, 6) is -0.0828. The summed E-state index contributed by atoms with van der Waals surface area (Å²) in [7, 11) is 0. The third-order valence-corrected chi connectivity index (χ3v) is 3.38. The molecule has 0 saturated carbocycles. The maximum Gasteiger partial charge on any atom is 0.326 e. The number of carbonyl (C=O) groups excluding carboxylic acids is 2. The molecule has 2 atom stereocenters. The number of carbonyl (C=O) groups is 3. The minimum absolute atomic E-state index is 0.0177. The van der Waals surface area contributed by atoms with Crippen LogP contribution >= 0.6 is 11.8 Å². The van der Waals surface area contributed by atoms with E-state index in [-0.39, 0.29) is 18.9 Å². The van der Waals surface area contributed by atoms with Crippen LogP contribution in [0.1, 0.15) is 26.7 Å². The molecule has 0 aliphatic carbocycles. The second-order valence-corrected chi connectivity index (χ2v) is 5.39. The summed E-state index contributed by atoms with van der Waals surface area (Å²) in [6, 6.07) is -1.73. The van der Waals surface area contributed by atoms with E-state index in [1.165, 1.54) is 0 Å². The number of amides is 3. The maximum atomic E-state index is 11.6. The first kappa shape index (κ1) is 17.6. The molecule has 0 bridgehead atoms. The Hall–Kier alpha value is -1.44. The summed E-state index contributed by atoms with van der Waals surface area (Å²) >= 11 is 1.68. The first-order valence-electron chi connectivity index (χ1n) is 6.02. The first-order chi connectivity index (χ1) is 8.86. The van der Waals surface area contributed by atoms with E-state index in [0.29, 0.717) is 0 Å². The molecular formula is C11H21N3O4S. The highest BCUT2D eigenvalue weighted by molar-refractivity contribution is 7.99. The normalized spacial score (nSPS) is 13.4. The average Bonchev–Trinajstić information content (AvgIpc) is 2.31. The molecule has 0 rings (SSSR count). The number of urea groups is 1. The molecule has 19 heavy (non-hydrogen) atoms. The zero-order valence-corrected chi connectivity index (χ0v) is 12.0. The molecule has 0 fully saturated rings. The van der Waals surface area contributed by atoms with E-state index in [2.05, 4.69) is 10.6 Å². The lowest BCUT2D eigenvalue weighted by atomic mass is 10.1. The van der Waals surface area contributed by atoms with E-state index < -0.39 is 23.9 Å². The van der Waals surface area contributed by atoms with Crippen LogP contribution in [0.4, 0.5) is 4.79 Å². The van der Waals surface area contributed by atoms with Gasteiger partial charge in [-0.1, -0.05) is 6.92 Å². The van der Waals surface area contributed by atoms with Crippen LogP contribution < -0.4 is 16.4 Å². The minimum Gasteiger partial charge on any atom is -0.480 e. The zero-order chi connectivity index (χ0) is 14.8. The molecular weight excluding hydrogens is 270 g/mol. The molecule has 0 heterocycles. The summed E-state index contributed by atoms with van der Waals surface area (Å²) in [4.78, 5) is 33.1. The molecule has 3 amide bonds.